The molecule has 1 aromatic heterocycles. The molecule has 14 heavy (non-hydrogen) atoms. The Morgan fingerprint density at radius 1 is 1.57 bits per heavy atom. The highest BCUT2D eigenvalue weighted by Crippen LogP contribution is 1.96. The van der Waals surface area contributed by atoms with E-state index in [0.717, 1.165) is 12.8 Å². The molecule has 0 aliphatic carbocycles. The van der Waals surface area contributed by atoms with E-state index >= 15 is 0 Å². The van der Waals surface area contributed by atoms with Crippen LogP contribution in [0.25, 0.3) is 0 Å². The van der Waals surface area contributed by atoms with Gasteiger partial charge in [-0.05, 0) is 6.42 Å². The van der Waals surface area contributed by atoms with Crippen molar-refractivity contribution in [3.63, 3.8) is 0 Å². The lowest BCUT2D eigenvalue weighted by atomic mass is 10.3. The molecule has 6 nitrogen and oxygen atoms in total. The van der Waals surface area contributed by atoms with Gasteiger partial charge in [0.15, 0.2) is 0 Å². The van der Waals surface area contributed by atoms with Gasteiger partial charge in [-0.3, -0.25) is 9.78 Å². The molecule has 0 saturated carbocycles. The lowest BCUT2D eigenvalue weighted by molar-refractivity contribution is 0.0781. The quantitative estimate of drug-likeness (QED) is 0.712. The van der Waals surface area contributed by atoms with Crippen molar-refractivity contribution in [1.82, 2.24) is 20.1 Å². The van der Waals surface area contributed by atoms with Gasteiger partial charge in [0.2, 0.25) is 5.82 Å². The summed E-state index contributed by atoms with van der Waals surface area (Å²) in [4.78, 5) is 26.1. The van der Waals surface area contributed by atoms with Gasteiger partial charge in [0.05, 0.1) is 0 Å². The summed E-state index contributed by atoms with van der Waals surface area (Å²) in [7, 11) is 1.69. The second kappa shape index (κ2) is 4.59. The van der Waals surface area contributed by atoms with E-state index in [-0.39, 0.29) is 11.7 Å². The second-order valence-electron chi connectivity index (χ2n) is 3.11. The van der Waals surface area contributed by atoms with Crippen LogP contribution in [-0.2, 0) is 0 Å². The van der Waals surface area contributed by atoms with Crippen LogP contribution in [0.15, 0.2) is 4.79 Å². The molecule has 1 heterocycles. The van der Waals surface area contributed by atoms with Crippen LogP contribution >= 0.6 is 0 Å². The maximum atomic E-state index is 11.5. The number of rotatable bonds is 4. The Bertz CT molecular complexity index is 354. The Morgan fingerprint density at radius 3 is 2.79 bits per heavy atom. The van der Waals surface area contributed by atoms with Gasteiger partial charge in [-0.1, -0.05) is 13.3 Å². The van der Waals surface area contributed by atoms with E-state index in [0.29, 0.717) is 6.54 Å². The molecular formula is C8H14N4O2. The second-order valence-corrected chi connectivity index (χ2v) is 3.11. The SMILES string of the molecule is CCCCN(C)C(=O)c1n[nH]c(=O)[nH]1. The molecule has 0 saturated heterocycles. The van der Waals surface area contributed by atoms with Crippen LogP contribution in [0.5, 0.6) is 0 Å². The number of aromatic nitrogens is 3. The van der Waals surface area contributed by atoms with Gasteiger partial charge in [0.1, 0.15) is 0 Å². The molecule has 0 spiro atoms. The lowest BCUT2D eigenvalue weighted by Gasteiger charge is -2.14. The van der Waals surface area contributed by atoms with Gasteiger partial charge in [0.25, 0.3) is 5.91 Å². The monoisotopic (exact) mass is 198 g/mol. The number of carbonyl (C=O) groups excluding carboxylic acids is 1. The summed E-state index contributed by atoms with van der Waals surface area (Å²) in [6.45, 7) is 2.72. The van der Waals surface area contributed by atoms with E-state index in [1.54, 1.807) is 7.05 Å². The largest absolute Gasteiger partial charge is 0.341 e. The molecule has 0 radical (unpaired) electrons. The van der Waals surface area contributed by atoms with Crippen molar-refractivity contribution < 1.29 is 4.79 Å². The molecule has 0 aliphatic heterocycles. The number of aromatic amines is 2. The first-order valence-corrected chi connectivity index (χ1v) is 4.55. The minimum absolute atomic E-state index is 0.0635. The average molecular weight is 198 g/mol. The summed E-state index contributed by atoms with van der Waals surface area (Å²) in [5.74, 6) is -0.203. The molecular weight excluding hydrogens is 184 g/mol. The summed E-state index contributed by atoms with van der Waals surface area (Å²) in [6, 6.07) is 0. The third-order valence-electron chi connectivity index (χ3n) is 1.90. The molecule has 0 unspecified atom stereocenters. The number of hydrogen-bond acceptors (Lipinski definition) is 3. The molecule has 0 aromatic carbocycles. The lowest BCUT2D eigenvalue weighted by Crippen LogP contribution is -2.28. The Hall–Kier alpha value is -1.59. The summed E-state index contributed by atoms with van der Waals surface area (Å²) in [6.07, 6.45) is 1.96. The third kappa shape index (κ3) is 2.45. The van der Waals surface area contributed by atoms with Crippen LogP contribution in [0.4, 0.5) is 0 Å². The predicted molar refractivity (Wildman–Crippen MR) is 51.1 cm³/mol. The zero-order chi connectivity index (χ0) is 10.6. The fraction of sp³-hybridized carbons (Fsp3) is 0.625. The highest BCUT2D eigenvalue weighted by Gasteiger charge is 2.14. The average Bonchev–Trinajstić information content (AvgIpc) is 2.60. The summed E-state index contributed by atoms with van der Waals surface area (Å²) < 4.78 is 0. The molecule has 0 aliphatic rings. The molecule has 1 aromatic rings. The first-order chi connectivity index (χ1) is 6.65. The minimum Gasteiger partial charge on any atom is -0.339 e. The highest BCUT2D eigenvalue weighted by atomic mass is 16.2. The van der Waals surface area contributed by atoms with E-state index in [4.69, 9.17) is 0 Å². The van der Waals surface area contributed by atoms with Gasteiger partial charge in [-0.15, -0.1) is 5.10 Å². The third-order valence-corrected chi connectivity index (χ3v) is 1.90. The summed E-state index contributed by atoms with van der Waals surface area (Å²) in [5, 5.41) is 5.71. The standard InChI is InChI=1S/C8H14N4O2/c1-3-4-5-12(2)7(13)6-9-8(14)11-10-6/h3-5H2,1-2H3,(H2,9,10,11,14). The Kier molecular flexibility index (Phi) is 3.44. The van der Waals surface area contributed by atoms with Gasteiger partial charge in [-0.2, -0.15) is 0 Å². The van der Waals surface area contributed by atoms with Crippen LogP contribution in [0.3, 0.4) is 0 Å². The van der Waals surface area contributed by atoms with Crippen LogP contribution in [0, 0.1) is 0 Å². The van der Waals surface area contributed by atoms with Gasteiger partial charge in [-0.25, -0.2) is 9.89 Å². The van der Waals surface area contributed by atoms with Crippen molar-refractivity contribution in [2.75, 3.05) is 13.6 Å². The van der Waals surface area contributed by atoms with E-state index in [1.165, 1.54) is 4.90 Å². The molecule has 78 valence electrons. The Labute approximate surface area is 81.3 Å². The molecule has 0 fully saturated rings. The maximum absolute atomic E-state index is 11.5. The first kappa shape index (κ1) is 10.5. The number of nitrogens with zero attached hydrogens (tertiary/aromatic N) is 2. The van der Waals surface area contributed by atoms with Crippen molar-refractivity contribution in [2.24, 2.45) is 0 Å². The van der Waals surface area contributed by atoms with E-state index in [1.807, 2.05) is 0 Å². The molecule has 1 rings (SSSR count). The fourth-order valence-corrected chi connectivity index (χ4v) is 1.05. The molecule has 6 heteroatoms. The van der Waals surface area contributed by atoms with Crippen molar-refractivity contribution >= 4 is 5.91 Å². The summed E-state index contributed by atoms with van der Waals surface area (Å²) in [5.41, 5.74) is -0.461. The van der Waals surface area contributed by atoms with Gasteiger partial charge >= 0.3 is 5.69 Å². The fourth-order valence-electron chi connectivity index (χ4n) is 1.05. The molecule has 1 amide bonds. The van der Waals surface area contributed by atoms with Crippen molar-refractivity contribution in [2.45, 2.75) is 19.8 Å². The Balaban J connectivity index is 2.61. The van der Waals surface area contributed by atoms with Crippen molar-refractivity contribution in [3.8, 4) is 0 Å². The number of unbranched alkanes of at least 4 members (excludes halogenated alkanes) is 1. The zero-order valence-electron chi connectivity index (χ0n) is 8.33. The molecule has 0 bridgehead atoms. The number of nitrogens with one attached hydrogen (secondary N) is 2. The topological polar surface area (TPSA) is 81.8 Å². The van der Waals surface area contributed by atoms with Crippen molar-refractivity contribution in [1.29, 1.82) is 0 Å². The minimum atomic E-state index is -0.461. The van der Waals surface area contributed by atoms with Crippen LogP contribution in [0.1, 0.15) is 30.4 Å². The predicted octanol–water partition coefficient (Wildman–Crippen LogP) is -0.0299. The first-order valence-electron chi connectivity index (χ1n) is 4.55. The summed E-state index contributed by atoms with van der Waals surface area (Å²) >= 11 is 0. The number of carbonyl (C=O) groups is 1. The van der Waals surface area contributed by atoms with E-state index < -0.39 is 5.69 Å². The van der Waals surface area contributed by atoms with Crippen LogP contribution in [0.2, 0.25) is 0 Å². The zero-order valence-corrected chi connectivity index (χ0v) is 8.33. The van der Waals surface area contributed by atoms with Crippen LogP contribution in [-0.4, -0.2) is 39.6 Å². The van der Waals surface area contributed by atoms with Gasteiger partial charge < -0.3 is 4.90 Å². The normalized spacial score (nSPS) is 10.1. The highest BCUT2D eigenvalue weighted by molar-refractivity contribution is 5.90. The smallest absolute Gasteiger partial charge is 0.339 e. The molecule has 0 atom stereocenters. The van der Waals surface area contributed by atoms with Crippen LogP contribution < -0.4 is 5.69 Å². The van der Waals surface area contributed by atoms with Gasteiger partial charge in [0, 0.05) is 13.6 Å². The Morgan fingerprint density at radius 2 is 2.29 bits per heavy atom. The van der Waals surface area contributed by atoms with E-state index in [2.05, 4.69) is 22.1 Å². The number of H-pyrrole nitrogens is 2. The van der Waals surface area contributed by atoms with E-state index in [9.17, 15) is 9.59 Å². The molecule has 2 N–H and O–H groups in total. The number of amides is 1. The maximum Gasteiger partial charge on any atom is 0.341 e. The van der Waals surface area contributed by atoms with Crippen molar-refractivity contribution in [3.05, 3.63) is 16.3 Å². The number of hydrogen-bond donors (Lipinski definition) is 2.